The minimum atomic E-state index is -0.488. The van der Waals surface area contributed by atoms with Crippen molar-refractivity contribution in [3.8, 4) is 5.75 Å². The summed E-state index contributed by atoms with van der Waals surface area (Å²) in [5, 5.41) is 7.55. The molecule has 0 saturated carbocycles. The van der Waals surface area contributed by atoms with Gasteiger partial charge >= 0.3 is 5.97 Å². The van der Waals surface area contributed by atoms with Crippen LogP contribution in [0.4, 0.5) is 0 Å². The lowest BCUT2D eigenvalue weighted by molar-refractivity contribution is -0.138. The van der Waals surface area contributed by atoms with E-state index in [4.69, 9.17) is 13.9 Å². The van der Waals surface area contributed by atoms with Gasteiger partial charge in [0, 0.05) is 12.5 Å². The van der Waals surface area contributed by atoms with E-state index in [1.807, 2.05) is 54.6 Å². The van der Waals surface area contributed by atoms with E-state index in [-0.39, 0.29) is 12.5 Å². The number of carbonyl (C=O) groups is 1. The summed E-state index contributed by atoms with van der Waals surface area (Å²) in [6, 6.07) is 16.8. The molecule has 0 atom stereocenters. The van der Waals surface area contributed by atoms with Crippen molar-refractivity contribution in [2.24, 2.45) is 0 Å². The molecule has 132 valence electrons. The molecule has 2 aromatic carbocycles. The van der Waals surface area contributed by atoms with Crippen LogP contribution >= 0.6 is 0 Å². The van der Waals surface area contributed by atoms with Crippen LogP contribution < -0.4 is 4.74 Å². The van der Waals surface area contributed by atoms with Gasteiger partial charge in [0.15, 0.2) is 6.61 Å². The van der Waals surface area contributed by atoms with Crippen molar-refractivity contribution in [3.05, 3.63) is 77.5 Å². The molecule has 0 saturated heterocycles. The molecule has 26 heavy (non-hydrogen) atoms. The Hall–Kier alpha value is -3.41. The molecule has 1 aromatic heterocycles. The van der Waals surface area contributed by atoms with E-state index in [9.17, 15) is 4.79 Å². The van der Waals surface area contributed by atoms with Crippen LogP contribution in [0.2, 0.25) is 0 Å². The smallest absolute Gasteiger partial charge is 0.339 e. The fourth-order valence-electron chi connectivity index (χ4n) is 2.42. The van der Waals surface area contributed by atoms with Gasteiger partial charge in [-0.05, 0) is 17.7 Å². The number of aryl methyl sites for hydroxylation is 1. The molecule has 0 aliphatic carbocycles. The molecule has 1 heterocycles. The highest BCUT2D eigenvalue weighted by atomic mass is 16.5. The van der Waals surface area contributed by atoms with Gasteiger partial charge in [0.1, 0.15) is 5.75 Å². The maximum Gasteiger partial charge on any atom is 0.339 e. The minimum absolute atomic E-state index is 0.0875. The van der Waals surface area contributed by atoms with Crippen LogP contribution in [-0.2, 0) is 16.1 Å². The molecule has 0 fully saturated rings. The van der Waals surface area contributed by atoms with Crippen LogP contribution in [0.3, 0.4) is 0 Å². The maximum atomic E-state index is 12.7. The Morgan fingerprint density at radius 1 is 1.08 bits per heavy atom. The number of carbonyl (C=O) groups excluding carboxylic acids is 1. The summed E-state index contributed by atoms with van der Waals surface area (Å²) in [6.45, 7) is 1.59. The molecule has 0 unspecified atom stereocenters. The van der Waals surface area contributed by atoms with Gasteiger partial charge < -0.3 is 13.9 Å². The largest absolute Gasteiger partial charge is 0.496 e. The molecule has 0 aliphatic heterocycles. The van der Waals surface area contributed by atoms with Crippen LogP contribution in [0.1, 0.15) is 22.9 Å². The van der Waals surface area contributed by atoms with E-state index >= 15 is 0 Å². The lowest BCUT2D eigenvalue weighted by Crippen LogP contribution is -2.08. The van der Waals surface area contributed by atoms with Crippen LogP contribution in [0.15, 0.2) is 59.0 Å². The zero-order valence-electron chi connectivity index (χ0n) is 14.5. The monoisotopic (exact) mass is 350 g/mol. The number of nitrogens with zero attached hydrogens (tertiary/aromatic N) is 2. The first kappa shape index (κ1) is 17.4. The van der Waals surface area contributed by atoms with Gasteiger partial charge in [0.25, 0.3) is 5.89 Å². The standard InChI is InChI=1S/C20H18N2O4/c1-14-21-22-19(26-14)13-25-20(23)17(15-8-4-3-5-9-15)12-16-10-6-7-11-18(16)24-2/h3-12H,13H2,1-2H3/b17-12+. The zero-order valence-corrected chi connectivity index (χ0v) is 14.5. The third-order valence-corrected chi connectivity index (χ3v) is 3.64. The molecular weight excluding hydrogens is 332 g/mol. The summed E-state index contributed by atoms with van der Waals surface area (Å²) in [5.41, 5.74) is 1.93. The van der Waals surface area contributed by atoms with Crippen LogP contribution in [0.5, 0.6) is 5.75 Å². The van der Waals surface area contributed by atoms with Crippen molar-refractivity contribution in [1.82, 2.24) is 10.2 Å². The highest BCUT2D eigenvalue weighted by Crippen LogP contribution is 2.25. The fourth-order valence-corrected chi connectivity index (χ4v) is 2.42. The summed E-state index contributed by atoms with van der Waals surface area (Å²) >= 11 is 0. The van der Waals surface area contributed by atoms with Crippen LogP contribution in [-0.4, -0.2) is 23.3 Å². The minimum Gasteiger partial charge on any atom is -0.496 e. The van der Waals surface area contributed by atoms with Crippen LogP contribution in [0.25, 0.3) is 11.6 Å². The molecule has 3 rings (SSSR count). The first-order valence-corrected chi connectivity index (χ1v) is 8.03. The molecule has 6 heteroatoms. The van der Waals surface area contributed by atoms with Crippen molar-refractivity contribution < 1.29 is 18.7 Å². The van der Waals surface area contributed by atoms with Crippen molar-refractivity contribution >= 4 is 17.6 Å². The molecule has 0 aliphatic rings. The molecule has 0 amide bonds. The molecule has 6 nitrogen and oxygen atoms in total. The van der Waals surface area contributed by atoms with Gasteiger partial charge in [-0.25, -0.2) is 4.79 Å². The predicted molar refractivity (Wildman–Crippen MR) is 96.1 cm³/mol. The van der Waals surface area contributed by atoms with Crippen LogP contribution in [0, 0.1) is 6.92 Å². The quantitative estimate of drug-likeness (QED) is 0.384. The molecule has 0 spiro atoms. The first-order chi connectivity index (χ1) is 12.7. The first-order valence-electron chi connectivity index (χ1n) is 8.03. The Bertz CT molecular complexity index is 916. The average molecular weight is 350 g/mol. The summed E-state index contributed by atoms with van der Waals surface area (Å²) < 4.78 is 16.0. The third kappa shape index (κ3) is 4.16. The normalized spacial score (nSPS) is 11.2. The van der Waals surface area contributed by atoms with Gasteiger partial charge in [-0.3, -0.25) is 0 Å². The van der Waals surface area contributed by atoms with Crippen molar-refractivity contribution in [3.63, 3.8) is 0 Å². The number of para-hydroxylation sites is 1. The SMILES string of the molecule is COc1ccccc1/C=C(/C(=O)OCc1nnc(C)o1)c1ccccc1. The van der Waals surface area contributed by atoms with Crippen molar-refractivity contribution in [2.45, 2.75) is 13.5 Å². The number of benzene rings is 2. The Morgan fingerprint density at radius 3 is 2.50 bits per heavy atom. The topological polar surface area (TPSA) is 74.5 Å². The fraction of sp³-hybridized carbons (Fsp3) is 0.150. The Kier molecular flexibility index (Phi) is 5.43. The van der Waals surface area contributed by atoms with Gasteiger partial charge in [0.2, 0.25) is 5.89 Å². The number of esters is 1. The number of aromatic nitrogens is 2. The zero-order chi connectivity index (χ0) is 18.4. The molecule has 0 bridgehead atoms. The van der Waals surface area contributed by atoms with Gasteiger partial charge in [0.05, 0.1) is 12.7 Å². The maximum absolute atomic E-state index is 12.7. The van der Waals surface area contributed by atoms with E-state index in [0.717, 1.165) is 11.1 Å². The number of methoxy groups -OCH3 is 1. The highest BCUT2D eigenvalue weighted by molar-refractivity contribution is 6.21. The van der Waals surface area contributed by atoms with E-state index in [2.05, 4.69) is 10.2 Å². The van der Waals surface area contributed by atoms with E-state index < -0.39 is 5.97 Å². The number of ether oxygens (including phenoxy) is 2. The molecular formula is C20H18N2O4. The second kappa shape index (κ2) is 8.11. The number of rotatable bonds is 6. The Balaban J connectivity index is 1.90. The van der Waals surface area contributed by atoms with E-state index in [1.54, 1.807) is 20.1 Å². The van der Waals surface area contributed by atoms with E-state index in [1.165, 1.54) is 0 Å². The van der Waals surface area contributed by atoms with Gasteiger partial charge in [-0.2, -0.15) is 0 Å². The molecule has 3 aromatic rings. The second-order valence-electron chi connectivity index (χ2n) is 5.46. The van der Waals surface area contributed by atoms with Crippen molar-refractivity contribution in [1.29, 1.82) is 0 Å². The average Bonchev–Trinajstić information content (AvgIpc) is 3.10. The summed E-state index contributed by atoms with van der Waals surface area (Å²) in [7, 11) is 1.59. The second-order valence-corrected chi connectivity index (χ2v) is 5.46. The summed E-state index contributed by atoms with van der Waals surface area (Å²) in [6.07, 6.45) is 1.75. The predicted octanol–water partition coefficient (Wildman–Crippen LogP) is 3.67. The third-order valence-electron chi connectivity index (χ3n) is 3.64. The highest BCUT2D eigenvalue weighted by Gasteiger charge is 2.16. The lowest BCUT2D eigenvalue weighted by Gasteiger charge is -2.09. The number of hydrogen-bond donors (Lipinski definition) is 0. The Morgan fingerprint density at radius 2 is 1.81 bits per heavy atom. The summed E-state index contributed by atoms with van der Waals surface area (Å²) in [5.74, 6) is 0.851. The van der Waals surface area contributed by atoms with Gasteiger partial charge in [-0.15, -0.1) is 10.2 Å². The lowest BCUT2D eigenvalue weighted by atomic mass is 10.0. The molecule has 0 N–H and O–H groups in total. The molecule has 0 radical (unpaired) electrons. The van der Waals surface area contributed by atoms with E-state index in [0.29, 0.717) is 17.2 Å². The Labute approximate surface area is 151 Å². The van der Waals surface area contributed by atoms with Crippen molar-refractivity contribution in [2.75, 3.05) is 7.11 Å². The van der Waals surface area contributed by atoms with Gasteiger partial charge in [-0.1, -0.05) is 48.5 Å². The number of hydrogen-bond acceptors (Lipinski definition) is 6. The summed E-state index contributed by atoms with van der Waals surface area (Å²) in [4.78, 5) is 12.7.